The molecule has 1 aliphatic heterocycles. The maximum Gasteiger partial charge on any atom is 0.269 e. The summed E-state index contributed by atoms with van der Waals surface area (Å²) in [6.07, 6.45) is 3.06. The zero-order valence-corrected chi connectivity index (χ0v) is 20.8. The lowest BCUT2D eigenvalue weighted by Gasteiger charge is -2.26. The van der Waals surface area contributed by atoms with Gasteiger partial charge >= 0.3 is 0 Å². The number of carbonyl (C=O) groups is 1. The first-order valence-electron chi connectivity index (χ1n) is 11.8. The number of amides is 1. The lowest BCUT2D eigenvalue weighted by Crippen LogP contribution is -2.47. The van der Waals surface area contributed by atoms with Gasteiger partial charge in [-0.2, -0.15) is 4.98 Å². The third kappa shape index (κ3) is 4.41. The van der Waals surface area contributed by atoms with Crippen LogP contribution in [0.4, 0.5) is 11.6 Å². The molecule has 0 aliphatic carbocycles. The minimum absolute atomic E-state index is 0.0164. The van der Waals surface area contributed by atoms with Crippen LogP contribution in [0.5, 0.6) is 0 Å². The van der Waals surface area contributed by atoms with Crippen LogP contribution in [-0.2, 0) is 21.4 Å². The van der Waals surface area contributed by atoms with Crippen LogP contribution in [0, 0.1) is 6.92 Å². The molecule has 0 saturated carbocycles. The number of nitrogens with one attached hydrogen (secondary N) is 2. The van der Waals surface area contributed by atoms with Gasteiger partial charge in [-0.3, -0.25) is 9.69 Å². The van der Waals surface area contributed by atoms with Crippen molar-refractivity contribution in [2.75, 3.05) is 25.0 Å². The predicted molar refractivity (Wildman–Crippen MR) is 138 cm³/mol. The quantitative estimate of drug-likeness (QED) is 0.352. The number of piperazine rings is 1. The number of aryl methyl sites for hydroxylation is 1. The van der Waals surface area contributed by atoms with Crippen LogP contribution in [0.15, 0.2) is 71.9 Å². The third-order valence-corrected chi connectivity index (χ3v) is 7.95. The van der Waals surface area contributed by atoms with Crippen LogP contribution >= 0.6 is 0 Å². The average Bonchev–Trinajstić information content (AvgIpc) is 3.49. The molecule has 1 saturated heterocycles. The molecule has 5 heterocycles. The number of fused-ring (bicyclic) bond motifs is 2. The van der Waals surface area contributed by atoms with Gasteiger partial charge in [0.1, 0.15) is 0 Å². The van der Waals surface area contributed by atoms with E-state index in [0.717, 1.165) is 17.8 Å². The highest BCUT2D eigenvalue weighted by atomic mass is 32.2. The number of benzene rings is 1. The first-order valence-corrected chi connectivity index (χ1v) is 13.2. The minimum atomic E-state index is -3.77. The summed E-state index contributed by atoms with van der Waals surface area (Å²) in [4.78, 5) is 23.0. The second-order valence-corrected chi connectivity index (χ2v) is 10.8. The Hall–Kier alpha value is -4.29. The molecule has 1 aliphatic rings. The third-order valence-electron chi connectivity index (χ3n) is 6.27. The van der Waals surface area contributed by atoms with Gasteiger partial charge in [-0.15, -0.1) is 5.10 Å². The first-order chi connectivity index (χ1) is 17.9. The normalized spacial score (nSPS) is 14.8. The molecular weight excluding hydrogens is 492 g/mol. The Balaban J connectivity index is 1.26. The van der Waals surface area contributed by atoms with E-state index in [1.807, 2.05) is 31.2 Å². The van der Waals surface area contributed by atoms with Gasteiger partial charge in [-0.05, 0) is 43.3 Å². The van der Waals surface area contributed by atoms with Gasteiger partial charge in [0.25, 0.3) is 10.0 Å². The van der Waals surface area contributed by atoms with E-state index in [0.29, 0.717) is 48.0 Å². The number of aromatic nitrogens is 5. The molecule has 37 heavy (non-hydrogen) atoms. The smallest absolute Gasteiger partial charge is 0.269 e. The van der Waals surface area contributed by atoms with Crippen molar-refractivity contribution in [1.29, 1.82) is 0 Å². The standard InChI is InChI=1S/C25H24N8O3S/c1-17-5-7-21(8-6-17)37(35,36)32-11-9-18-13-19(14-27-24(18)32)28-25-29-22-4-2-3-20(33(22)30-25)15-31-12-10-26-23(34)16-31/h2-9,11,13-14H,10,12,15-16H2,1H3,(H,26,34)(H,28,30). The largest absolute Gasteiger partial charge is 0.354 e. The number of hydrogen-bond donors (Lipinski definition) is 2. The molecule has 4 aromatic heterocycles. The van der Waals surface area contributed by atoms with Crippen molar-refractivity contribution in [3.63, 3.8) is 0 Å². The van der Waals surface area contributed by atoms with E-state index in [2.05, 4.69) is 30.6 Å². The van der Waals surface area contributed by atoms with Crippen LogP contribution in [0.25, 0.3) is 16.7 Å². The van der Waals surface area contributed by atoms with Crippen LogP contribution < -0.4 is 10.6 Å². The summed E-state index contributed by atoms with van der Waals surface area (Å²) in [6, 6.07) is 16.0. The molecule has 0 spiro atoms. The van der Waals surface area contributed by atoms with Gasteiger partial charge in [-0.25, -0.2) is 21.9 Å². The van der Waals surface area contributed by atoms with E-state index in [1.165, 1.54) is 10.2 Å². The molecule has 1 fully saturated rings. The number of carbonyl (C=O) groups excluding carboxylic acids is 1. The second-order valence-electron chi connectivity index (χ2n) is 8.97. The number of nitrogens with zero attached hydrogens (tertiary/aromatic N) is 6. The second kappa shape index (κ2) is 8.98. The van der Waals surface area contributed by atoms with Gasteiger partial charge in [0, 0.05) is 31.2 Å². The monoisotopic (exact) mass is 516 g/mol. The minimum Gasteiger partial charge on any atom is -0.354 e. The number of rotatable bonds is 6. The maximum absolute atomic E-state index is 13.1. The van der Waals surface area contributed by atoms with E-state index in [4.69, 9.17) is 0 Å². The lowest BCUT2D eigenvalue weighted by atomic mass is 10.2. The number of pyridine rings is 2. The summed E-state index contributed by atoms with van der Waals surface area (Å²) in [5.74, 6) is 0.402. The number of hydrogen-bond acceptors (Lipinski definition) is 8. The Labute approximate surface area is 212 Å². The van der Waals surface area contributed by atoms with Crippen LogP contribution in [0.2, 0.25) is 0 Å². The Morgan fingerprint density at radius 2 is 1.95 bits per heavy atom. The lowest BCUT2D eigenvalue weighted by molar-refractivity contribution is -0.124. The van der Waals surface area contributed by atoms with Crippen molar-refractivity contribution in [3.8, 4) is 0 Å². The molecule has 1 aromatic carbocycles. The van der Waals surface area contributed by atoms with E-state index in [1.54, 1.807) is 41.0 Å². The van der Waals surface area contributed by atoms with Gasteiger partial charge < -0.3 is 10.6 Å². The molecule has 1 amide bonds. The van der Waals surface area contributed by atoms with Gasteiger partial charge in [0.2, 0.25) is 11.9 Å². The van der Waals surface area contributed by atoms with Crippen LogP contribution in [-0.4, -0.2) is 62.4 Å². The summed E-state index contributed by atoms with van der Waals surface area (Å²) < 4.78 is 29.2. The van der Waals surface area contributed by atoms with Gasteiger partial charge in [0.05, 0.1) is 29.0 Å². The zero-order valence-electron chi connectivity index (χ0n) is 20.0. The highest BCUT2D eigenvalue weighted by Gasteiger charge is 2.20. The molecular formula is C25H24N8O3S. The van der Waals surface area contributed by atoms with Crippen LogP contribution in [0.1, 0.15) is 11.3 Å². The first kappa shape index (κ1) is 23.1. The average molecular weight is 517 g/mol. The predicted octanol–water partition coefficient (Wildman–Crippen LogP) is 2.30. The maximum atomic E-state index is 13.1. The Morgan fingerprint density at radius 1 is 1.11 bits per heavy atom. The summed E-state index contributed by atoms with van der Waals surface area (Å²) in [6.45, 7) is 4.23. The highest BCUT2D eigenvalue weighted by molar-refractivity contribution is 7.90. The molecule has 0 radical (unpaired) electrons. The molecule has 0 bridgehead atoms. The van der Waals surface area contributed by atoms with Crippen molar-refractivity contribution >= 4 is 44.2 Å². The van der Waals surface area contributed by atoms with Crippen molar-refractivity contribution in [1.82, 2.24) is 33.8 Å². The van der Waals surface area contributed by atoms with Crippen molar-refractivity contribution in [2.45, 2.75) is 18.4 Å². The Kier molecular flexibility index (Phi) is 5.61. The number of anilines is 2. The molecule has 11 nitrogen and oxygen atoms in total. The SMILES string of the molecule is Cc1ccc(S(=O)(=O)n2ccc3cc(Nc4nc5cccc(CN6CCNC(=O)C6)n5n4)cnc32)cc1. The van der Waals surface area contributed by atoms with Crippen molar-refractivity contribution in [3.05, 3.63) is 78.2 Å². The molecule has 188 valence electrons. The topological polar surface area (TPSA) is 127 Å². The summed E-state index contributed by atoms with van der Waals surface area (Å²) in [5.41, 5.74) is 3.53. The highest BCUT2D eigenvalue weighted by Crippen LogP contribution is 2.24. The van der Waals surface area contributed by atoms with Gasteiger partial charge in [0.15, 0.2) is 11.3 Å². The molecule has 0 atom stereocenters. The fourth-order valence-electron chi connectivity index (χ4n) is 4.40. The van der Waals surface area contributed by atoms with E-state index < -0.39 is 10.0 Å². The molecule has 12 heteroatoms. The zero-order chi connectivity index (χ0) is 25.6. The molecule has 5 aromatic rings. The van der Waals surface area contributed by atoms with E-state index in [-0.39, 0.29) is 10.8 Å². The van der Waals surface area contributed by atoms with Gasteiger partial charge in [-0.1, -0.05) is 23.8 Å². The van der Waals surface area contributed by atoms with E-state index in [9.17, 15) is 13.2 Å². The fourth-order valence-corrected chi connectivity index (χ4v) is 5.71. The fraction of sp³-hybridized carbons (Fsp3) is 0.200. The van der Waals surface area contributed by atoms with Crippen molar-refractivity contribution in [2.24, 2.45) is 0 Å². The van der Waals surface area contributed by atoms with Crippen molar-refractivity contribution < 1.29 is 13.2 Å². The molecule has 0 unspecified atom stereocenters. The van der Waals surface area contributed by atoms with E-state index >= 15 is 0 Å². The summed E-state index contributed by atoms with van der Waals surface area (Å²) in [7, 11) is -3.77. The summed E-state index contributed by atoms with van der Waals surface area (Å²) in [5, 5.41) is 11.3. The van der Waals surface area contributed by atoms with Crippen LogP contribution in [0.3, 0.4) is 0 Å². The Morgan fingerprint density at radius 3 is 2.76 bits per heavy atom. The summed E-state index contributed by atoms with van der Waals surface area (Å²) >= 11 is 0. The molecule has 6 rings (SSSR count). The Bertz CT molecular complexity index is 1740. The molecule has 2 N–H and O–H groups in total.